The van der Waals surface area contributed by atoms with Gasteiger partial charge in [0.1, 0.15) is 24.2 Å². The second-order valence-corrected chi connectivity index (χ2v) is 9.87. The molecule has 2 heterocycles. The van der Waals surface area contributed by atoms with Crippen molar-refractivity contribution in [3.63, 3.8) is 0 Å². The molecule has 182 valence electrons. The minimum Gasteiger partial charge on any atom is -1.00 e. The van der Waals surface area contributed by atoms with Crippen LogP contribution in [0, 0.1) is 0 Å². The van der Waals surface area contributed by atoms with Crippen molar-refractivity contribution in [1.29, 1.82) is 0 Å². The van der Waals surface area contributed by atoms with Crippen LogP contribution in [-0.2, 0) is 0 Å². The molecule has 0 spiro atoms. The minimum atomic E-state index is 0. The highest BCUT2D eigenvalue weighted by Crippen LogP contribution is 2.45. The van der Waals surface area contributed by atoms with Crippen LogP contribution in [0.25, 0.3) is 0 Å². The Morgan fingerprint density at radius 1 is 0.472 bits per heavy atom. The molecule has 2 aliphatic rings. The lowest BCUT2D eigenvalue weighted by Gasteiger charge is -2.26. The Hall–Kier alpha value is -2.92. The first-order valence-corrected chi connectivity index (χ1v) is 13.0. The van der Waals surface area contributed by atoms with Crippen LogP contribution in [0.15, 0.2) is 121 Å². The molecular formula is C33H33IN2. The zero-order valence-corrected chi connectivity index (χ0v) is 22.7. The molecule has 0 bridgehead atoms. The van der Waals surface area contributed by atoms with Crippen LogP contribution in [-0.4, -0.2) is 15.8 Å². The van der Waals surface area contributed by atoms with Gasteiger partial charge in [0, 0.05) is 0 Å². The van der Waals surface area contributed by atoms with Crippen LogP contribution >= 0.6 is 0 Å². The molecule has 0 N–H and O–H groups in total. The normalized spacial score (nSPS) is 23.3. The molecule has 0 aliphatic carbocycles. The van der Waals surface area contributed by atoms with Gasteiger partial charge in [-0.2, -0.15) is 0 Å². The van der Waals surface area contributed by atoms with E-state index in [2.05, 4.69) is 137 Å². The number of benzene rings is 4. The van der Waals surface area contributed by atoms with Gasteiger partial charge in [-0.1, -0.05) is 121 Å². The number of nitrogens with zero attached hydrogens (tertiary/aromatic N) is 2. The van der Waals surface area contributed by atoms with Crippen LogP contribution in [0.4, 0.5) is 0 Å². The molecule has 0 radical (unpaired) electrons. The van der Waals surface area contributed by atoms with Crippen LogP contribution in [0.2, 0.25) is 0 Å². The third-order valence-electron chi connectivity index (χ3n) is 7.87. The first-order valence-electron chi connectivity index (χ1n) is 13.0. The largest absolute Gasteiger partial charge is 1.00 e. The maximum atomic E-state index is 2.67. The Balaban J connectivity index is 0.00000267. The summed E-state index contributed by atoms with van der Waals surface area (Å²) in [6.07, 6.45) is 7.17. The highest BCUT2D eigenvalue weighted by atomic mass is 127. The Bertz CT molecular complexity index is 1160. The Kier molecular flexibility index (Phi) is 7.86. The summed E-state index contributed by atoms with van der Waals surface area (Å²) in [4.78, 5) is 2.67. The predicted octanol–water partition coefficient (Wildman–Crippen LogP) is 4.89. The van der Waals surface area contributed by atoms with Crippen molar-refractivity contribution in [2.45, 2.75) is 49.9 Å². The van der Waals surface area contributed by atoms with Crippen LogP contribution in [0.3, 0.4) is 0 Å². The SMILES string of the molecule is C(N1[C@@H](c2ccccc2)CC[C@@H]1c1ccccc1)=[N+]1C(c2ccccc2)CCC1c1ccccc1.[I-]. The van der Waals surface area contributed by atoms with Crippen molar-refractivity contribution in [3.8, 4) is 0 Å². The lowest BCUT2D eigenvalue weighted by Crippen LogP contribution is -3.00. The second kappa shape index (κ2) is 11.4. The van der Waals surface area contributed by atoms with E-state index in [0.29, 0.717) is 24.2 Å². The quantitative estimate of drug-likeness (QED) is 0.184. The lowest BCUT2D eigenvalue weighted by atomic mass is 10.0. The average molecular weight is 585 g/mol. The zero-order chi connectivity index (χ0) is 23.5. The molecule has 0 aromatic heterocycles. The van der Waals surface area contributed by atoms with Crippen molar-refractivity contribution >= 4 is 6.34 Å². The van der Waals surface area contributed by atoms with Gasteiger partial charge < -0.3 is 24.0 Å². The average Bonchev–Trinajstić information content (AvgIpc) is 3.55. The maximum absolute atomic E-state index is 2.67. The fourth-order valence-corrected chi connectivity index (χ4v) is 6.19. The fourth-order valence-electron chi connectivity index (χ4n) is 6.19. The summed E-state index contributed by atoms with van der Waals surface area (Å²) in [6, 6.07) is 45.8. The van der Waals surface area contributed by atoms with Crippen molar-refractivity contribution in [3.05, 3.63) is 144 Å². The van der Waals surface area contributed by atoms with Crippen molar-refractivity contribution in [2.75, 3.05) is 0 Å². The Labute approximate surface area is 232 Å². The summed E-state index contributed by atoms with van der Waals surface area (Å²) < 4.78 is 2.67. The summed E-state index contributed by atoms with van der Waals surface area (Å²) in [6.45, 7) is 0. The summed E-state index contributed by atoms with van der Waals surface area (Å²) in [5.41, 5.74) is 5.64. The zero-order valence-electron chi connectivity index (χ0n) is 20.5. The highest BCUT2D eigenvalue weighted by Gasteiger charge is 2.42. The van der Waals surface area contributed by atoms with E-state index in [-0.39, 0.29) is 24.0 Å². The van der Waals surface area contributed by atoms with E-state index in [9.17, 15) is 0 Å². The summed E-state index contributed by atoms with van der Waals surface area (Å²) in [5.74, 6) is 0. The molecule has 3 heteroatoms. The third kappa shape index (κ3) is 4.99. The molecule has 0 saturated carbocycles. The number of likely N-dealkylation sites (tertiary alicyclic amines) is 1. The van der Waals surface area contributed by atoms with Gasteiger partial charge in [-0.05, 0) is 47.9 Å². The topological polar surface area (TPSA) is 6.25 Å². The molecule has 4 aromatic rings. The van der Waals surface area contributed by atoms with E-state index >= 15 is 0 Å². The predicted molar refractivity (Wildman–Crippen MR) is 143 cm³/mol. The van der Waals surface area contributed by atoms with E-state index in [1.54, 1.807) is 0 Å². The summed E-state index contributed by atoms with van der Waals surface area (Å²) in [7, 11) is 0. The van der Waals surface area contributed by atoms with Gasteiger partial charge >= 0.3 is 0 Å². The molecule has 2 saturated heterocycles. The smallest absolute Gasteiger partial charge is 0.236 e. The number of halogens is 1. The molecule has 2 unspecified atom stereocenters. The minimum absolute atomic E-state index is 0. The molecule has 2 fully saturated rings. The maximum Gasteiger partial charge on any atom is 0.236 e. The van der Waals surface area contributed by atoms with E-state index in [4.69, 9.17) is 0 Å². The first-order chi connectivity index (χ1) is 17.4. The first kappa shape index (κ1) is 24.8. The fraction of sp³-hybridized carbons (Fsp3) is 0.242. The van der Waals surface area contributed by atoms with Crippen LogP contribution in [0.5, 0.6) is 0 Å². The monoisotopic (exact) mass is 584 g/mol. The molecule has 4 aromatic carbocycles. The van der Waals surface area contributed by atoms with E-state index in [0.717, 1.165) is 0 Å². The second-order valence-electron chi connectivity index (χ2n) is 9.87. The molecule has 4 atom stereocenters. The standard InChI is InChI=1S/C33H33N2.HI/c1-5-13-26(14-6-1)30-21-22-31(27-15-7-2-8-16-27)34(30)25-35-32(28-17-9-3-10-18-28)23-24-33(35)29-19-11-4-12-20-29;/h1-20,25,30-33H,21-24H2;1H/q+1;/p-1/t30-,31-,32?,33?;/m1./s1. The number of hydrogen-bond donors (Lipinski definition) is 0. The van der Waals surface area contributed by atoms with Gasteiger partial charge in [0.05, 0.1) is 0 Å². The van der Waals surface area contributed by atoms with Gasteiger partial charge in [0.15, 0.2) is 0 Å². The Morgan fingerprint density at radius 3 is 1.17 bits per heavy atom. The van der Waals surface area contributed by atoms with E-state index < -0.39 is 0 Å². The highest BCUT2D eigenvalue weighted by molar-refractivity contribution is 5.54. The van der Waals surface area contributed by atoms with Gasteiger partial charge in [0.2, 0.25) is 6.34 Å². The summed E-state index contributed by atoms with van der Waals surface area (Å²) in [5, 5.41) is 0. The number of rotatable bonds is 5. The molecule has 0 amide bonds. The molecule has 2 nitrogen and oxygen atoms in total. The van der Waals surface area contributed by atoms with Crippen LogP contribution < -0.4 is 24.0 Å². The van der Waals surface area contributed by atoms with Gasteiger partial charge in [0.25, 0.3) is 0 Å². The Morgan fingerprint density at radius 2 is 0.806 bits per heavy atom. The van der Waals surface area contributed by atoms with Crippen LogP contribution in [0.1, 0.15) is 72.1 Å². The summed E-state index contributed by atoms with van der Waals surface area (Å²) >= 11 is 0. The van der Waals surface area contributed by atoms with E-state index in [1.807, 2.05) is 0 Å². The lowest BCUT2D eigenvalue weighted by molar-refractivity contribution is -0.590. The molecular weight excluding hydrogens is 551 g/mol. The van der Waals surface area contributed by atoms with Gasteiger partial charge in [-0.15, -0.1) is 0 Å². The van der Waals surface area contributed by atoms with Gasteiger partial charge in [-0.25, -0.2) is 0 Å². The molecule has 6 rings (SSSR count). The molecule has 36 heavy (non-hydrogen) atoms. The number of hydrogen-bond acceptors (Lipinski definition) is 0. The molecule has 2 aliphatic heterocycles. The third-order valence-corrected chi connectivity index (χ3v) is 7.87. The van der Waals surface area contributed by atoms with Crippen molar-refractivity contribution in [2.24, 2.45) is 0 Å². The van der Waals surface area contributed by atoms with Crippen molar-refractivity contribution < 1.29 is 28.6 Å². The van der Waals surface area contributed by atoms with Crippen molar-refractivity contribution in [1.82, 2.24) is 4.90 Å². The van der Waals surface area contributed by atoms with E-state index in [1.165, 1.54) is 47.9 Å². The van der Waals surface area contributed by atoms with Gasteiger partial charge in [-0.3, -0.25) is 9.48 Å².